The number of pyridine rings is 1. The van der Waals surface area contributed by atoms with Crippen LogP contribution < -0.4 is 10.2 Å². The quantitative estimate of drug-likeness (QED) is 0.427. The smallest absolute Gasteiger partial charge is 0.254 e. The monoisotopic (exact) mass is 441 g/mol. The molecule has 0 atom stereocenters. The Bertz CT molecular complexity index is 1210. The molecule has 0 aliphatic carbocycles. The molecule has 2 aromatic heterocycles. The van der Waals surface area contributed by atoms with Crippen molar-refractivity contribution in [3.05, 3.63) is 90.4 Å². The molecule has 160 valence electrons. The van der Waals surface area contributed by atoms with Crippen molar-refractivity contribution < 1.29 is 4.79 Å². The van der Waals surface area contributed by atoms with Crippen LogP contribution >= 0.6 is 11.8 Å². The average molecular weight is 442 g/mol. The number of carbonyl (C=O) groups excluding carboxylic acids is 1. The van der Waals surface area contributed by atoms with E-state index in [0.717, 1.165) is 18.7 Å². The number of anilines is 2. The van der Waals surface area contributed by atoms with Crippen LogP contribution in [0.5, 0.6) is 0 Å². The lowest BCUT2D eigenvalue weighted by Gasteiger charge is -2.32. The molecule has 1 aliphatic rings. The van der Waals surface area contributed by atoms with Crippen molar-refractivity contribution in [3.63, 3.8) is 0 Å². The number of benzene rings is 2. The minimum absolute atomic E-state index is 0.111. The largest absolute Gasteiger partial charge is 0.352 e. The van der Waals surface area contributed by atoms with Gasteiger partial charge >= 0.3 is 0 Å². The van der Waals surface area contributed by atoms with Crippen LogP contribution in [0, 0.1) is 6.92 Å². The number of amides is 1. The van der Waals surface area contributed by atoms with Gasteiger partial charge in [0, 0.05) is 29.1 Å². The summed E-state index contributed by atoms with van der Waals surface area (Å²) < 4.78 is 1.69. The standard InChI is InChI=1S/C25H23N5OS/c1-18-19(17-28-30(18)24-13-6-7-14-26-24)25(31)27-15-8-16-29-20-9-2-4-11-22(20)32-23-12-5-3-10-21(23)29/h2-7,9-14,17H,8,15-16H2,1H3,(H,27,31). The highest BCUT2D eigenvalue weighted by atomic mass is 32.2. The van der Waals surface area contributed by atoms with Crippen LogP contribution in [0.1, 0.15) is 22.5 Å². The third kappa shape index (κ3) is 3.87. The van der Waals surface area contributed by atoms with Crippen molar-refractivity contribution in [2.24, 2.45) is 0 Å². The maximum absolute atomic E-state index is 12.8. The van der Waals surface area contributed by atoms with Gasteiger partial charge in [0.05, 0.1) is 28.8 Å². The van der Waals surface area contributed by atoms with E-state index in [1.165, 1.54) is 21.2 Å². The number of hydrogen-bond acceptors (Lipinski definition) is 5. The van der Waals surface area contributed by atoms with Gasteiger partial charge in [0.25, 0.3) is 5.91 Å². The van der Waals surface area contributed by atoms with E-state index in [9.17, 15) is 4.79 Å². The fourth-order valence-corrected chi connectivity index (χ4v) is 4.99. The first-order chi connectivity index (χ1) is 15.7. The second-order valence-corrected chi connectivity index (χ2v) is 8.63. The van der Waals surface area contributed by atoms with Crippen LogP contribution in [0.4, 0.5) is 11.4 Å². The highest BCUT2D eigenvalue weighted by Gasteiger charge is 2.22. The predicted octanol–water partition coefficient (Wildman–Crippen LogP) is 5.00. The lowest BCUT2D eigenvalue weighted by Crippen LogP contribution is -2.29. The summed E-state index contributed by atoms with van der Waals surface area (Å²) in [5.41, 5.74) is 3.78. The predicted molar refractivity (Wildman–Crippen MR) is 127 cm³/mol. The number of hydrogen-bond donors (Lipinski definition) is 1. The van der Waals surface area contributed by atoms with Gasteiger partial charge in [-0.3, -0.25) is 4.79 Å². The van der Waals surface area contributed by atoms with Gasteiger partial charge in [0.2, 0.25) is 0 Å². The molecule has 0 bridgehead atoms. The van der Waals surface area contributed by atoms with E-state index >= 15 is 0 Å². The Labute approximate surface area is 191 Å². The van der Waals surface area contributed by atoms with Gasteiger partial charge in [0.1, 0.15) is 0 Å². The maximum Gasteiger partial charge on any atom is 0.254 e. The first-order valence-corrected chi connectivity index (χ1v) is 11.4. The van der Waals surface area contributed by atoms with Crippen molar-refractivity contribution in [2.45, 2.75) is 23.1 Å². The molecule has 0 saturated carbocycles. The zero-order valence-electron chi connectivity index (χ0n) is 17.7. The van der Waals surface area contributed by atoms with E-state index < -0.39 is 0 Å². The van der Waals surface area contributed by atoms with Crippen LogP contribution in [0.2, 0.25) is 0 Å². The van der Waals surface area contributed by atoms with Gasteiger partial charge in [-0.05, 0) is 49.7 Å². The molecule has 1 N–H and O–H groups in total. The summed E-state index contributed by atoms with van der Waals surface area (Å²) in [5, 5.41) is 7.39. The molecule has 1 aliphatic heterocycles. The molecule has 32 heavy (non-hydrogen) atoms. The molecule has 5 rings (SSSR count). The number of nitrogens with one attached hydrogen (secondary N) is 1. The Morgan fingerprint density at radius 3 is 2.34 bits per heavy atom. The van der Waals surface area contributed by atoms with Crippen LogP contribution in [0.25, 0.3) is 5.82 Å². The minimum Gasteiger partial charge on any atom is -0.352 e. The number of carbonyl (C=O) groups is 1. The minimum atomic E-state index is -0.111. The van der Waals surface area contributed by atoms with Crippen molar-refractivity contribution in [3.8, 4) is 5.82 Å². The zero-order chi connectivity index (χ0) is 21.9. The van der Waals surface area contributed by atoms with Crippen LogP contribution in [-0.2, 0) is 0 Å². The van der Waals surface area contributed by atoms with E-state index in [1.807, 2.05) is 25.1 Å². The van der Waals surface area contributed by atoms with Crippen molar-refractivity contribution in [1.29, 1.82) is 0 Å². The molecule has 3 heterocycles. The summed E-state index contributed by atoms with van der Waals surface area (Å²) in [6, 6.07) is 22.6. The number of nitrogens with zero attached hydrogens (tertiary/aromatic N) is 4. The summed E-state index contributed by atoms with van der Waals surface area (Å²) in [4.78, 5) is 21.9. The number of para-hydroxylation sites is 2. The first kappa shape index (κ1) is 20.3. The summed E-state index contributed by atoms with van der Waals surface area (Å²) >= 11 is 1.80. The molecule has 1 amide bonds. The Morgan fingerprint density at radius 2 is 1.66 bits per heavy atom. The first-order valence-electron chi connectivity index (χ1n) is 10.6. The van der Waals surface area contributed by atoms with Gasteiger partial charge in [0.15, 0.2) is 5.82 Å². The normalized spacial score (nSPS) is 12.2. The molecule has 0 radical (unpaired) electrons. The van der Waals surface area contributed by atoms with E-state index in [0.29, 0.717) is 17.9 Å². The second-order valence-electron chi connectivity index (χ2n) is 7.54. The summed E-state index contributed by atoms with van der Waals surface area (Å²) in [6.45, 7) is 3.29. The number of rotatable bonds is 6. The van der Waals surface area contributed by atoms with E-state index in [-0.39, 0.29) is 5.91 Å². The third-order valence-corrected chi connectivity index (χ3v) is 6.63. The van der Waals surface area contributed by atoms with Gasteiger partial charge < -0.3 is 10.2 Å². The number of fused-ring (bicyclic) bond motifs is 2. The van der Waals surface area contributed by atoms with E-state index in [4.69, 9.17) is 0 Å². The molecule has 7 heteroatoms. The van der Waals surface area contributed by atoms with Gasteiger partial charge in [-0.25, -0.2) is 9.67 Å². The number of aromatic nitrogens is 3. The van der Waals surface area contributed by atoms with Crippen molar-refractivity contribution >= 4 is 29.0 Å². The molecule has 4 aromatic rings. The highest BCUT2D eigenvalue weighted by Crippen LogP contribution is 2.47. The molecule has 6 nitrogen and oxygen atoms in total. The Kier molecular flexibility index (Phi) is 5.64. The van der Waals surface area contributed by atoms with E-state index in [2.05, 4.69) is 68.8 Å². The fourth-order valence-electron chi connectivity index (χ4n) is 3.90. The van der Waals surface area contributed by atoms with Gasteiger partial charge in [-0.1, -0.05) is 42.1 Å². The zero-order valence-corrected chi connectivity index (χ0v) is 18.5. The Hall–Kier alpha value is -3.58. The molecule has 2 aromatic carbocycles. The lowest BCUT2D eigenvalue weighted by molar-refractivity contribution is 0.0953. The maximum atomic E-state index is 12.8. The summed E-state index contributed by atoms with van der Waals surface area (Å²) in [7, 11) is 0. The lowest BCUT2D eigenvalue weighted by atomic mass is 10.2. The Morgan fingerprint density at radius 1 is 0.969 bits per heavy atom. The second kappa shape index (κ2) is 8.88. The molecule has 0 saturated heterocycles. The molecule has 0 fully saturated rings. The average Bonchev–Trinajstić information content (AvgIpc) is 3.23. The molecule has 0 unspecified atom stereocenters. The SMILES string of the molecule is Cc1c(C(=O)NCCCN2c3ccccc3Sc3ccccc32)cnn1-c1ccccn1. The Balaban J connectivity index is 1.24. The molecular formula is C25H23N5OS. The van der Waals surface area contributed by atoms with Crippen LogP contribution in [0.3, 0.4) is 0 Å². The fraction of sp³-hybridized carbons (Fsp3) is 0.160. The molecule has 0 spiro atoms. The topological polar surface area (TPSA) is 63.1 Å². The third-order valence-electron chi connectivity index (χ3n) is 5.50. The van der Waals surface area contributed by atoms with Gasteiger partial charge in [-0.15, -0.1) is 0 Å². The van der Waals surface area contributed by atoms with E-state index in [1.54, 1.807) is 28.8 Å². The van der Waals surface area contributed by atoms with Crippen LogP contribution in [0.15, 0.2) is 88.9 Å². The summed E-state index contributed by atoms with van der Waals surface area (Å²) in [5.74, 6) is 0.587. The summed E-state index contributed by atoms with van der Waals surface area (Å²) in [6.07, 6.45) is 4.14. The van der Waals surface area contributed by atoms with Crippen molar-refractivity contribution in [1.82, 2.24) is 20.1 Å². The van der Waals surface area contributed by atoms with Crippen molar-refractivity contribution in [2.75, 3.05) is 18.0 Å². The van der Waals surface area contributed by atoms with Gasteiger partial charge in [-0.2, -0.15) is 5.10 Å². The van der Waals surface area contributed by atoms with Crippen LogP contribution in [-0.4, -0.2) is 33.8 Å². The molecular weight excluding hydrogens is 418 g/mol. The highest BCUT2D eigenvalue weighted by molar-refractivity contribution is 7.99.